The first-order valence-corrected chi connectivity index (χ1v) is 7.03. The maximum absolute atomic E-state index is 13.0. The third kappa shape index (κ3) is 6.17. The number of rotatable bonds is 7. The van der Waals surface area contributed by atoms with Gasteiger partial charge in [-0.1, -0.05) is 19.8 Å². The number of carbonyl (C=O) groups is 2. The lowest BCUT2D eigenvalue weighted by atomic mass is 10.1. The zero-order valence-corrected chi connectivity index (χ0v) is 12.6. The highest BCUT2D eigenvalue weighted by Gasteiger charge is 2.19. The molecule has 5 nitrogen and oxygen atoms in total. The summed E-state index contributed by atoms with van der Waals surface area (Å²) in [5.74, 6) is -3.53. The van der Waals surface area contributed by atoms with Crippen molar-refractivity contribution in [2.75, 3.05) is 19.0 Å². The average molecular weight is 314 g/mol. The van der Waals surface area contributed by atoms with Gasteiger partial charge in [0.15, 0.2) is 0 Å². The van der Waals surface area contributed by atoms with Gasteiger partial charge in [0, 0.05) is 18.9 Å². The molecule has 1 atom stereocenters. The van der Waals surface area contributed by atoms with Crippen LogP contribution in [0, 0.1) is 11.6 Å². The van der Waals surface area contributed by atoms with Crippen LogP contribution in [0.25, 0.3) is 0 Å². The molecule has 7 heteroatoms. The number of carbonyl (C=O) groups excluding carboxylic acids is 2. The third-order valence-corrected chi connectivity index (χ3v) is 2.94. The molecule has 0 aliphatic carbocycles. The smallest absolute Gasteiger partial charge is 0.313 e. The van der Waals surface area contributed by atoms with Crippen molar-refractivity contribution in [1.29, 1.82) is 0 Å². The van der Waals surface area contributed by atoms with Crippen molar-refractivity contribution in [3.05, 3.63) is 29.8 Å². The zero-order chi connectivity index (χ0) is 16.5. The van der Waals surface area contributed by atoms with Gasteiger partial charge in [0.2, 0.25) is 0 Å². The molecule has 122 valence electrons. The van der Waals surface area contributed by atoms with Gasteiger partial charge >= 0.3 is 11.8 Å². The van der Waals surface area contributed by atoms with E-state index < -0.39 is 23.4 Å². The molecule has 0 saturated heterocycles. The number of hydrogen-bond acceptors (Lipinski definition) is 3. The summed E-state index contributed by atoms with van der Waals surface area (Å²) in [5, 5.41) is 4.69. The number of halogens is 2. The van der Waals surface area contributed by atoms with Crippen molar-refractivity contribution >= 4 is 17.5 Å². The lowest BCUT2D eigenvalue weighted by Gasteiger charge is -2.17. The summed E-state index contributed by atoms with van der Waals surface area (Å²) in [6, 6.07) is 2.25. The van der Waals surface area contributed by atoms with Gasteiger partial charge in [-0.25, -0.2) is 8.78 Å². The van der Waals surface area contributed by atoms with Crippen LogP contribution in [0.4, 0.5) is 14.5 Å². The Morgan fingerprint density at radius 2 is 1.82 bits per heavy atom. The molecule has 0 heterocycles. The highest BCUT2D eigenvalue weighted by molar-refractivity contribution is 6.39. The predicted octanol–water partition coefficient (Wildman–Crippen LogP) is 2.22. The van der Waals surface area contributed by atoms with Crippen LogP contribution in [-0.2, 0) is 14.3 Å². The number of methoxy groups -OCH3 is 1. The summed E-state index contributed by atoms with van der Waals surface area (Å²) in [5.41, 5.74) is -0.116. The first-order chi connectivity index (χ1) is 10.5. The van der Waals surface area contributed by atoms with Crippen LogP contribution in [0.1, 0.15) is 26.2 Å². The second-order valence-corrected chi connectivity index (χ2v) is 4.88. The Balaban J connectivity index is 2.61. The molecule has 0 aliphatic heterocycles. The fourth-order valence-electron chi connectivity index (χ4n) is 1.91. The second kappa shape index (κ2) is 9.09. The van der Waals surface area contributed by atoms with Crippen molar-refractivity contribution in [2.24, 2.45) is 0 Å². The molecule has 0 radical (unpaired) electrons. The molecule has 0 aliphatic rings. The Hall–Kier alpha value is -2.02. The van der Waals surface area contributed by atoms with Crippen LogP contribution >= 0.6 is 0 Å². The standard InChI is InChI=1S/C15H20F2N2O3/c1-3-4-5-12(9-22-2)18-14(20)15(21)19-13-7-10(16)6-11(17)8-13/h6-8,12H,3-5,9H2,1-2H3,(H,18,20)(H,19,21)/t12-/m0/s1. The molecule has 1 aromatic carbocycles. The molecule has 0 fully saturated rings. The fraction of sp³-hybridized carbons (Fsp3) is 0.467. The van der Waals surface area contributed by atoms with Gasteiger partial charge in [-0.2, -0.15) is 0 Å². The van der Waals surface area contributed by atoms with E-state index in [4.69, 9.17) is 4.74 Å². The minimum atomic E-state index is -0.984. The minimum absolute atomic E-state index is 0.116. The number of nitrogens with one attached hydrogen (secondary N) is 2. The molecule has 1 rings (SSSR count). The van der Waals surface area contributed by atoms with Crippen molar-refractivity contribution in [1.82, 2.24) is 5.32 Å². The summed E-state index contributed by atoms with van der Waals surface area (Å²) >= 11 is 0. The first kappa shape index (κ1) is 18.0. The number of hydrogen-bond donors (Lipinski definition) is 2. The van der Waals surface area contributed by atoms with Crippen LogP contribution in [0.3, 0.4) is 0 Å². The van der Waals surface area contributed by atoms with E-state index in [-0.39, 0.29) is 18.3 Å². The van der Waals surface area contributed by atoms with Gasteiger partial charge in [-0.15, -0.1) is 0 Å². The molecular weight excluding hydrogens is 294 g/mol. The molecule has 1 aromatic rings. The molecule has 2 amide bonds. The van der Waals surface area contributed by atoms with E-state index in [1.165, 1.54) is 7.11 Å². The van der Waals surface area contributed by atoms with Crippen molar-refractivity contribution < 1.29 is 23.1 Å². The van der Waals surface area contributed by atoms with Crippen molar-refractivity contribution in [3.63, 3.8) is 0 Å². The maximum atomic E-state index is 13.0. The highest BCUT2D eigenvalue weighted by Crippen LogP contribution is 2.12. The monoisotopic (exact) mass is 314 g/mol. The SMILES string of the molecule is CCCC[C@@H](COC)NC(=O)C(=O)Nc1cc(F)cc(F)c1. The van der Waals surface area contributed by atoms with Crippen LogP contribution in [0.15, 0.2) is 18.2 Å². The molecule has 0 spiro atoms. The van der Waals surface area contributed by atoms with Gasteiger partial charge < -0.3 is 15.4 Å². The Morgan fingerprint density at radius 1 is 1.18 bits per heavy atom. The van der Waals surface area contributed by atoms with E-state index in [9.17, 15) is 18.4 Å². The fourth-order valence-corrected chi connectivity index (χ4v) is 1.91. The molecule has 0 aromatic heterocycles. The third-order valence-electron chi connectivity index (χ3n) is 2.94. The summed E-state index contributed by atoms with van der Waals surface area (Å²) in [6.45, 7) is 2.30. The molecule has 22 heavy (non-hydrogen) atoms. The Labute approximate surface area is 128 Å². The van der Waals surface area contributed by atoms with Crippen molar-refractivity contribution in [2.45, 2.75) is 32.2 Å². The number of unbranched alkanes of at least 4 members (excludes halogenated alkanes) is 1. The summed E-state index contributed by atoms with van der Waals surface area (Å²) in [6.07, 6.45) is 2.51. The highest BCUT2D eigenvalue weighted by atomic mass is 19.1. The number of amides is 2. The van der Waals surface area contributed by atoms with Gasteiger partial charge in [-0.3, -0.25) is 9.59 Å². The largest absolute Gasteiger partial charge is 0.383 e. The van der Waals surface area contributed by atoms with E-state index in [0.29, 0.717) is 12.5 Å². The van der Waals surface area contributed by atoms with Crippen molar-refractivity contribution in [3.8, 4) is 0 Å². The molecule has 0 unspecified atom stereocenters. The van der Waals surface area contributed by atoms with E-state index in [1.54, 1.807) is 0 Å². The predicted molar refractivity (Wildman–Crippen MR) is 78.3 cm³/mol. The average Bonchev–Trinajstić information content (AvgIpc) is 2.43. The van der Waals surface area contributed by atoms with Crippen LogP contribution in [0.2, 0.25) is 0 Å². The summed E-state index contributed by atoms with van der Waals surface area (Å²) in [7, 11) is 1.50. The Kier molecular flexibility index (Phi) is 7.45. The molecule has 0 saturated carbocycles. The van der Waals surface area contributed by atoms with Crippen LogP contribution in [-0.4, -0.2) is 31.6 Å². The Morgan fingerprint density at radius 3 is 2.36 bits per heavy atom. The summed E-state index contributed by atoms with van der Waals surface area (Å²) in [4.78, 5) is 23.5. The van der Waals surface area contributed by atoms with Gasteiger partial charge in [0.1, 0.15) is 11.6 Å². The van der Waals surface area contributed by atoms with E-state index >= 15 is 0 Å². The lowest BCUT2D eigenvalue weighted by molar-refractivity contribution is -0.136. The van der Waals surface area contributed by atoms with Gasteiger partial charge in [-0.05, 0) is 18.6 Å². The quantitative estimate of drug-likeness (QED) is 0.758. The number of benzene rings is 1. The number of anilines is 1. The zero-order valence-electron chi connectivity index (χ0n) is 12.6. The second-order valence-electron chi connectivity index (χ2n) is 4.88. The first-order valence-electron chi connectivity index (χ1n) is 7.03. The Bertz CT molecular complexity index is 503. The van der Waals surface area contributed by atoms with E-state index in [0.717, 1.165) is 25.0 Å². The van der Waals surface area contributed by atoms with E-state index in [1.807, 2.05) is 6.92 Å². The molecular formula is C15H20F2N2O3. The minimum Gasteiger partial charge on any atom is -0.383 e. The summed E-state index contributed by atoms with van der Waals surface area (Å²) < 4.78 is 31.0. The van der Waals surface area contributed by atoms with Gasteiger partial charge in [0.05, 0.1) is 12.6 Å². The lowest BCUT2D eigenvalue weighted by Crippen LogP contribution is -2.43. The normalized spacial score (nSPS) is 11.8. The maximum Gasteiger partial charge on any atom is 0.313 e. The van der Waals surface area contributed by atoms with E-state index in [2.05, 4.69) is 10.6 Å². The van der Waals surface area contributed by atoms with Crippen LogP contribution in [0.5, 0.6) is 0 Å². The molecule has 0 bridgehead atoms. The number of ether oxygens (including phenoxy) is 1. The topological polar surface area (TPSA) is 67.4 Å². The van der Waals surface area contributed by atoms with Gasteiger partial charge in [0.25, 0.3) is 0 Å². The van der Waals surface area contributed by atoms with Crippen LogP contribution < -0.4 is 10.6 Å². The molecule has 2 N–H and O–H groups in total.